The highest BCUT2D eigenvalue weighted by Gasteiger charge is 2.45. The van der Waals surface area contributed by atoms with Gasteiger partial charge in [0.1, 0.15) is 5.54 Å². The second kappa shape index (κ2) is 5.85. The summed E-state index contributed by atoms with van der Waals surface area (Å²) in [6.45, 7) is 0. The number of halogens is 2. The van der Waals surface area contributed by atoms with Gasteiger partial charge in [-0.1, -0.05) is 29.3 Å². The van der Waals surface area contributed by atoms with Crippen molar-refractivity contribution in [2.75, 3.05) is 0 Å². The molecule has 0 radical (unpaired) electrons. The van der Waals surface area contributed by atoms with Crippen LogP contribution in [0.5, 0.6) is 0 Å². The van der Waals surface area contributed by atoms with E-state index in [0.29, 0.717) is 28.5 Å². The Morgan fingerprint density at radius 1 is 1.25 bits per heavy atom. The van der Waals surface area contributed by atoms with Crippen LogP contribution in [-0.4, -0.2) is 22.5 Å². The Balaban J connectivity index is 2.02. The third-order valence-corrected chi connectivity index (χ3v) is 4.09. The topological polar surface area (TPSA) is 66.4 Å². The summed E-state index contributed by atoms with van der Waals surface area (Å²) in [6, 6.07) is 4.98. The second-order valence-electron chi connectivity index (χ2n) is 4.74. The SMILES string of the molecule is O=C(/C=C/c1ccc(Cl)c(Cl)c1)NC1(C(=O)O)CCC1. The van der Waals surface area contributed by atoms with Gasteiger partial charge in [0.2, 0.25) is 5.91 Å². The molecular weight excluding hydrogens is 301 g/mol. The predicted octanol–water partition coefficient (Wildman–Crippen LogP) is 3.13. The molecule has 4 nitrogen and oxygen atoms in total. The monoisotopic (exact) mass is 313 g/mol. The summed E-state index contributed by atoms with van der Waals surface area (Å²) in [7, 11) is 0. The van der Waals surface area contributed by atoms with Gasteiger partial charge in [0.05, 0.1) is 10.0 Å². The number of nitrogens with one attached hydrogen (secondary N) is 1. The van der Waals surface area contributed by atoms with E-state index in [4.69, 9.17) is 28.3 Å². The first-order valence-electron chi connectivity index (χ1n) is 6.12. The molecule has 0 aromatic heterocycles. The van der Waals surface area contributed by atoms with Crippen LogP contribution >= 0.6 is 23.2 Å². The molecule has 1 aliphatic rings. The Hall–Kier alpha value is -1.52. The molecule has 0 heterocycles. The van der Waals surface area contributed by atoms with Crippen molar-refractivity contribution in [1.29, 1.82) is 0 Å². The van der Waals surface area contributed by atoms with Gasteiger partial charge in [-0.3, -0.25) is 4.79 Å². The molecule has 1 fully saturated rings. The molecule has 0 aliphatic heterocycles. The van der Waals surface area contributed by atoms with Crippen LogP contribution in [0.25, 0.3) is 6.08 Å². The number of carbonyl (C=O) groups excluding carboxylic acids is 1. The molecule has 0 bridgehead atoms. The molecule has 1 aliphatic carbocycles. The number of benzene rings is 1. The van der Waals surface area contributed by atoms with Gasteiger partial charge in [-0.25, -0.2) is 4.79 Å². The average Bonchev–Trinajstić information content (AvgIpc) is 2.35. The minimum atomic E-state index is -1.10. The van der Waals surface area contributed by atoms with Crippen LogP contribution in [0.2, 0.25) is 10.0 Å². The Bertz CT molecular complexity index is 580. The van der Waals surface area contributed by atoms with Gasteiger partial charge in [-0.2, -0.15) is 0 Å². The molecule has 6 heteroatoms. The third kappa shape index (κ3) is 3.14. The molecule has 0 unspecified atom stereocenters. The molecule has 1 aromatic rings. The summed E-state index contributed by atoms with van der Waals surface area (Å²) in [5, 5.41) is 12.5. The zero-order valence-electron chi connectivity index (χ0n) is 10.5. The number of amides is 1. The van der Waals surface area contributed by atoms with Gasteiger partial charge in [-0.15, -0.1) is 0 Å². The number of hydrogen-bond acceptors (Lipinski definition) is 2. The van der Waals surface area contributed by atoms with Crippen LogP contribution in [0, 0.1) is 0 Å². The lowest BCUT2D eigenvalue weighted by molar-refractivity contribution is -0.151. The molecule has 20 heavy (non-hydrogen) atoms. The standard InChI is InChI=1S/C14H13Cl2NO3/c15-10-4-2-9(8-11(10)16)3-5-12(18)17-14(13(19)20)6-1-7-14/h2-5,8H,1,6-7H2,(H,17,18)(H,19,20)/b5-3+. The molecular formula is C14H13Cl2NO3. The molecule has 2 rings (SSSR count). The zero-order valence-corrected chi connectivity index (χ0v) is 12.0. The Morgan fingerprint density at radius 3 is 2.45 bits per heavy atom. The lowest BCUT2D eigenvalue weighted by Crippen LogP contribution is -2.58. The highest BCUT2D eigenvalue weighted by molar-refractivity contribution is 6.42. The van der Waals surface area contributed by atoms with Gasteiger partial charge in [0.25, 0.3) is 0 Å². The highest BCUT2D eigenvalue weighted by atomic mass is 35.5. The Labute approximate surface area is 126 Å². The Kier molecular flexibility index (Phi) is 4.35. The highest BCUT2D eigenvalue weighted by Crippen LogP contribution is 2.32. The van der Waals surface area contributed by atoms with Gasteiger partial charge in [-0.05, 0) is 43.0 Å². The zero-order chi connectivity index (χ0) is 14.8. The van der Waals surface area contributed by atoms with E-state index < -0.39 is 17.4 Å². The molecule has 1 aromatic carbocycles. The number of hydrogen-bond donors (Lipinski definition) is 2. The summed E-state index contributed by atoms with van der Waals surface area (Å²) < 4.78 is 0. The fourth-order valence-electron chi connectivity index (χ4n) is 1.99. The van der Waals surface area contributed by atoms with E-state index in [-0.39, 0.29) is 0 Å². The largest absolute Gasteiger partial charge is 0.480 e. The van der Waals surface area contributed by atoms with Crippen molar-refractivity contribution in [2.24, 2.45) is 0 Å². The maximum Gasteiger partial charge on any atom is 0.329 e. The van der Waals surface area contributed by atoms with E-state index in [1.165, 1.54) is 6.08 Å². The van der Waals surface area contributed by atoms with E-state index in [2.05, 4.69) is 5.32 Å². The van der Waals surface area contributed by atoms with Crippen LogP contribution in [0.1, 0.15) is 24.8 Å². The molecule has 0 atom stereocenters. The summed E-state index contributed by atoms with van der Waals surface area (Å²) in [5.41, 5.74) is -0.383. The van der Waals surface area contributed by atoms with Crippen LogP contribution in [-0.2, 0) is 9.59 Å². The van der Waals surface area contributed by atoms with E-state index >= 15 is 0 Å². The average molecular weight is 314 g/mol. The number of aliphatic carboxylic acids is 1. The summed E-state index contributed by atoms with van der Waals surface area (Å²) in [6.07, 6.45) is 4.60. The van der Waals surface area contributed by atoms with Crippen molar-refractivity contribution >= 4 is 41.2 Å². The van der Waals surface area contributed by atoms with E-state index in [1.54, 1.807) is 24.3 Å². The molecule has 1 saturated carbocycles. The lowest BCUT2D eigenvalue weighted by atomic mass is 9.77. The van der Waals surface area contributed by atoms with Crippen molar-refractivity contribution in [3.63, 3.8) is 0 Å². The van der Waals surface area contributed by atoms with Crippen LogP contribution < -0.4 is 5.32 Å². The fourth-order valence-corrected chi connectivity index (χ4v) is 2.29. The second-order valence-corrected chi connectivity index (χ2v) is 5.55. The number of carboxylic acids is 1. The first-order chi connectivity index (χ1) is 9.43. The summed E-state index contributed by atoms with van der Waals surface area (Å²) in [4.78, 5) is 22.9. The maximum atomic E-state index is 11.8. The smallest absolute Gasteiger partial charge is 0.329 e. The minimum Gasteiger partial charge on any atom is -0.480 e. The van der Waals surface area contributed by atoms with E-state index in [9.17, 15) is 9.59 Å². The van der Waals surface area contributed by atoms with Crippen LogP contribution in [0.3, 0.4) is 0 Å². The van der Waals surface area contributed by atoms with Crippen LogP contribution in [0.4, 0.5) is 0 Å². The van der Waals surface area contributed by atoms with E-state index in [0.717, 1.165) is 6.42 Å². The van der Waals surface area contributed by atoms with Crippen molar-refractivity contribution in [2.45, 2.75) is 24.8 Å². The maximum absolute atomic E-state index is 11.8. The fraction of sp³-hybridized carbons (Fsp3) is 0.286. The number of carboxylic acid groups (broad SMARTS) is 1. The minimum absolute atomic E-state index is 0.398. The van der Waals surface area contributed by atoms with Crippen LogP contribution in [0.15, 0.2) is 24.3 Å². The number of carbonyl (C=O) groups is 2. The van der Waals surface area contributed by atoms with Gasteiger partial charge in [0, 0.05) is 6.08 Å². The van der Waals surface area contributed by atoms with Gasteiger partial charge >= 0.3 is 5.97 Å². The van der Waals surface area contributed by atoms with Crippen molar-refractivity contribution in [3.8, 4) is 0 Å². The third-order valence-electron chi connectivity index (χ3n) is 3.35. The number of rotatable bonds is 4. The Morgan fingerprint density at radius 2 is 1.95 bits per heavy atom. The van der Waals surface area contributed by atoms with Gasteiger partial charge in [0.15, 0.2) is 0 Å². The normalized spacial score (nSPS) is 16.7. The van der Waals surface area contributed by atoms with Gasteiger partial charge < -0.3 is 10.4 Å². The quantitative estimate of drug-likeness (QED) is 0.839. The molecule has 0 saturated heterocycles. The van der Waals surface area contributed by atoms with Crippen molar-refractivity contribution in [1.82, 2.24) is 5.32 Å². The molecule has 0 spiro atoms. The molecule has 1 amide bonds. The van der Waals surface area contributed by atoms with E-state index in [1.807, 2.05) is 0 Å². The first kappa shape index (κ1) is 14.9. The summed E-state index contributed by atoms with van der Waals surface area (Å²) >= 11 is 11.7. The first-order valence-corrected chi connectivity index (χ1v) is 6.87. The molecule has 2 N–H and O–H groups in total. The predicted molar refractivity (Wildman–Crippen MR) is 77.9 cm³/mol. The van der Waals surface area contributed by atoms with Crippen molar-refractivity contribution in [3.05, 3.63) is 39.9 Å². The van der Waals surface area contributed by atoms with Crippen molar-refractivity contribution < 1.29 is 14.7 Å². The lowest BCUT2D eigenvalue weighted by Gasteiger charge is -2.37. The molecule has 106 valence electrons. The summed E-state index contributed by atoms with van der Waals surface area (Å²) in [5.74, 6) is -1.42.